The smallest absolute Gasteiger partial charge is 0.263 e. The van der Waals surface area contributed by atoms with E-state index >= 15 is 0 Å². The van der Waals surface area contributed by atoms with Crippen LogP contribution in [-0.4, -0.2) is 210 Å². The fourth-order valence-electron chi connectivity index (χ4n) is 13.6. The molecule has 3 amide bonds. The summed E-state index contributed by atoms with van der Waals surface area (Å²) < 4.78 is 92.8. The molecule has 6 aromatic carbocycles. The zero-order valence-corrected chi connectivity index (χ0v) is 66.8. The molecule has 0 spiro atoms. The van der Waals surface area contributed by atoms with E-state index in [0.29, 0.717) is 107 Å². The van der Waals surface area contributed by atoms with E-state index in [1.54, 1.807) is 42.7 Å². The van der Waals surface area contributed by atoms with Crippen molar-refractivity contribution in [2.24, 2.45) is 0 Å². The minimum atomic E-state index is -0.741. The van der Waals surface area contributed by atoms with E-state index < -0.39 is 40.5 Å². The monoisotopic (exact) mass is 1660 g/mol. The molecule has 10 N–H and O–H groups in total. The lowest BCUT2D eigenvalue weighted by molar-refractivity contribution is 0.0902. The van der Waals surface area contributed by atoms with Crippen LogP contribution in [0.1, 0.15) is 63.2 Å². The number of rotatable bonds is 23. The number of amides is 3. The van der Waals surface area contributed by atoms with Gasteiger partial charge in [0.15, 0.2) is 17.1 Å². The molecule has 610 valence electrons. The molecule has 4 saturated heterocycles. The Balaban J connectivity index is 0.000000145. The Bertz CT molecular complexity index is 5520. The maximum atomic E-state index is 13.7. The van der Waals surface area contributed by atoms with Crippen molar-refractivity contribution in [3.05, 3.63) is 208 Å². The van der Waals surface area contributed by atoms with Gasteiger partial charge in [-0.2, -0.15) is 15.3 Å². The van der Waals surface area contributed by atoms with Crippen LogP contribution in [0.5, 0.6) is 0 Å². The van der Waals surface area contributed by atoms with Gasteiger partial charge in [-0.15, -0.1) is 0 Å². The zero-order valence-electron chi connectivity index (χ0n) is 64.4. The standard InChI is InChI=1S/C29H31F2N7O3S.C29H33F2N7O2S.C24H22F2N6OS/c1-37-6-8-38(9-7-37)20-2-3-22(24(15-20)32-19-4-10-41-11-5-19)28(39)33-26-23-16-25(29(40)34-27(23)36-35-26)42-21-13-17(30)12-18(31)14-21;1-38(2)9-3-8-32-21-4-5-24(26(15-21)34-20-6-10-40-11-7-20)29(39)35-28-25-16-23(17-33-27(25)36-37-28)41-22-13-18(30)12-19(31)14-22;1-31-6-8-32(9-7-31)18-4-2-15(3-5-18)24(33)28-23-21-13-20(14-27-22(21)29-30-23)34-19-11-16(25)10-17(26)12-19/h2-3,12-16,19,32H,4-11H2,1H3,(H3,33,34,35,36,39,40);4-5,12-17,20,32,34H,3,6-11H2,1-2H3,(H2,33,35,36,37,39);2-5,10-14H,6-9H2,1H3,(H2,27,28,29,30,33). The van der Waals surface area contributed by atoms with Crippen LogP contribution in [0.15, 0.2) is 180 Å². The number of aromatic amines is 4. The highest BCUT2D eigenvalue weighted by molar-refractivity contribution is 7.99. The lowest BCUT2D eigenvalue weighted by atomic mass is 10.1. The summed E-state index contributed by atoms with van der Waals surface area (Å²) in [7, 11) is 8.32. The van der Waals surface area contributed by atoms with Gasteiger partial charge in [-0.1, -0.05) is 35.3 Å². The van der Waals surface area contributed by atoms with Gasteiger partial charge in [0.25, 0.3) is 23.3 Å². The first-order chi connectivity index (χ1) is 56.6. The number of anilines is 8. The van der Waals surface area contributed by atoms with Gasteiger partial charge in [0.1, 0.15) is 52.2 Å². The average Bonchev–Trinajstić information content (AvgIpc) is 1.73. The third kappa shape index (κ3) is 21.9. The highest BCUT2D eigenvalue weighted by Gasteiger charge is 2.26. The summed E-state index contributed by atoms with van der Waals surface area (Å²) in [6.45, 7) is 12.1. The predicted octanol–water partition coefficient (Wildman–Crippen LogP) is 14.3. The molecule has 6 aromatic heterocycles. The number of fused-ring (bicyclic) bond motifs is 3. The van der Waals surface area contributed by atoms with Crippen LogP contribution in [0, 0.1) is 34.9 Å². The number of halogens is 6. The molecule has 16 rings (SSSR count). The number of piperazine rings is 2. The Kier molecular flexibility index (Phi) is 26.9. The Hall–Kier alpha value is -11.2. The van der Waals surface area contributed by atoms with Crippen LogP contribution >= 0.6 is 35.3 Å². The quantitative estimate of drug-likeness (QED) is 0.0210. The van der Waals surface area contributed by atoms with Crippen LogP contribution in [0.4, 0.5) is 72.2 Å². The molecule has 0 aliphatic carbocycles. The summed E-state index contributed by atoms with van der Waals surface area (Å²) in [6, 6.07) is 34.2. The molecule has 0 unspecified atom stereocenters. The van der Waals surface area contributed by atoms with E-state index in [-0.39, 0.29) is 45.4 Å². The summed E-state index contributed by atoms with van der Waals surface area (Å²) in [6.07, 6.45) is 7.52. The summed E-state index contributed by atoms with van der Waals surface area (Å²) in [5, 5.41) is 41.8. The molecule has 35 heteroatoms. The van der Waals surface area contributed by atoms with Crippen molar-refractivity contribution in [1.82, 2.24) is 60.2 Å². The number of nitrogens with one attached hydrogen (secondary N) is 10. The number of aromatic nitrogens is 9. The Morgan fingerprint density at radius 3 is 1.47 bits per heavy atom. The van der Waals surface area contributed by atoms with Crippen molar-refractivity contribution in [3.8, 4) is 0 Å². The number of pyridine rings is 3. The Morgan fingerprint density at radius 2 is 0.957 bits per heavy atom. The van der Waals surface area contributed by atoms with E-state index in [9.17, 15) is 45.5 Å². The average molecular weight is 1660 g/mol. The van der Waals surface area contributed by atoms with Gasteiger partial charge < -0.3 is 70.9 Å². The largest absolute Gasteiger partial charge is 0.385 e. The maximum Gasteiger partial charge on any atom is 0.263 e. The van der Waals surface area contributed by atoms with Crippen LogP contribution in [0.2, 0.25) is 0 Å². The van der Waals surface area contributed by atoms with Crippen molar-refractivity contribution in [3.63, 3.8) is 0 Å². The first-order valence-electron chi connectivity index (χ1n) is 38.1. The number of likely N-dealkylation sites (N-methyl/N-ethyl adjacent to an activating group) is 2. The van der Waals surface area contributed by atoms with Crippen molar-refractivity contribution >= 4 is 132 Å². The van der Waals surface area contributed by atoms with Crippen molar-refractivity contribution in [2.45, 2.75) is 73.6 Å². The first kappa shape index (κ1) is 82.4. The number of benzene rings is 6. The van der Waals surface area contributed by atoms with E-state index in [2.05, 4.69) is 116 Å². The molecule has 0 radical (unpaired) electrons. The molecule has 4 aliphatic rings. The Morgan fingerprint density at radius 1 is 0.496 bits per heavy atom. The molecule has 4 aliphatic heterocycles. The molecule has 12 aromatic rings. The highest BCUT2D eigenvalue weighted by Crippen LogP contribution is 2.37. The summed E-state index contributed by atoms with van der Waals surface area (Å²) in [5.74, 6) is -4.03. The zero-order chi connectivity index (χ0) is 81.6. The fraction of sp³-hybridized carbons (Fsp3) is 0.305. The third-order valence-corrected chi connectivity index (χ3v) is 22.7. The normalized spacial score (nSPS) is 15.1. The third-order valence-electron chi connectivity index (χ3n) is 19.9. The van der Waals surface area contributed by atoms with Crippen LogP contribution in [0.25, 0.3) is 33.1 Å². The summed E-state index contributed by atoms with van der Waals surface area (Å²) in [4.78, 5) is 77.9. The van der Waals surface area contributed by atoms with E-state index in [1.807, 2.05) is 62.6 Å². The number of H-pyrrole nitrogens is 4. The van der Waals surface area contributed by atoms with Crippen molar-refractivity contribution < 1.29 is 50.2 Å². The number of ether oxygens (including phenoxy) is 2. The second kappa shape index (κ2) is 38.3. The molecule has 117 heavy (non-hydrogen) atoms. The van der Waals surface area contributed by atoms with Gasteiger partial charge in [-0.05, 0) is 182 Å². The number of nitrogens with zero attached hydrogens (tertiary/aromatic N) is 10. The van der Waals surface area contributed by atoms with Gasteiger partial charge in [0.05, 0.1) is 32.2 Å². The molecule has 0 saturated carbocycles. The highest BCUT2D eigenvalue weighted by atomic mass is 32.2. The van der Waals surface area contributed by atoms with Crippen molar-refractivity contribution in [1.29, 1.82) is 0 Å². The molecular formula is C82H86F6N20O6S3. The van der Waals surface area contributed by atoms with E-state index in [0.717, 1.165) is 180 Å². The van der Waals surface area contributed by atoms with Gasteiger partial charge in [0, 0.05) is 186 Å². The van der Waals surface area contributed by atoms with E-state index in [4.69, 9.17) is 9.47 Å². The molecule has 0 bridgehead atoms. The second-order valence-corrected chi connectivity index (χ2v) is 32.3. The molecule has 4 fully saturated rings. The SMILES string of the molecule is CN(C)CCCNc1ccc(C(=O)Nc2[nH]nc3ncc(Sc4cc(F)cc(F)c4)cc23)c(NC2CCOCC2)c1.CN1CCN(c2ccc(C(=O)Nc3[nH]nc4ncc(Sc5cc(F)cc(F)c5)cc34)cc2)CC1.CN1CCN(c2ccc(C(=O)Nc3n[nH]c4[nH]c(=O)c(Sc5cc(F)cc(F)c5)cc34)c(NC3CCOCC3)c2)CC1. The van der Waals surface area contributed by atoms with Crippen LogP contribution in [0.3, 0.4) is 0 Å². The molecule has 10 heterocycles. The fourth-order valence-corrected chi connectivity index (χ4v) is 16.3. The number of hydrogen-bond donors (Lipinski definition) is 10. The van der Waals surface area contributed by atoms with Gasteiger partial charge in [-0.25, -0.2) is 36.3 Å². The van der Waals surface area contributed by atoms with Gasteiger partial charge >= 0.3 is 0 Å². The van der Waals surface area contributed by atoms with Gasteiger partial charge in [0.2, 0.25) is 0 Å². The Labute approximate surface area is 681 Å². The minimum Gasteiger partial charge on any atom is -0.385 e. The van der Waals surface area contributed by atoms with Gasteiger partial charge in [-0.3, -0.25) is 34.5 Å². The number of carbonyl (C=O) groups excluding carboxylic acids is 3. The van der Waals surface area contributed by atoms with Crippen LogP contribution < -0.4 is 47.3 Å². The molecule has 0 atom stereocenters. The molecule has 26 nitrogen and oxygen atoms in total. The minimum absolute atomic E-state index is 0.177. The second-order valence-electron chi connectivity index (χ2n) is 28.9. The predicted molar refractivity (Wildman–Crippen MR) is 445 cm³/mol. The summed E-state index contributed by atoms with van der Waals surface area (Å²) in [5.41, 5.74) is 6.71. The number of carbonyl (C=O) groups is 3. The van der Waals surface area contributed by atoms with E-state index in [1.165, 1.54) is 36.0 Å². The summed E-state index contributed by atoms with van der Waals surface area (Å²) >= 11 is 3.25. The lowest BCUT2D eigenvalue weighted by Crippen LogP contribution is -2.44. The first-order valence-corrected chi connectivity index (χ1v) is 40.5. The maximum absolute atomic E-state index is 13.7. The topological polar surface area (TPSA) is 303 Å². The molecular weight excluding hydrogens is 1570 g/mol. The number of hydrogen-bond acceptors (Lipinski definition) is 22. The van der Waals surface area contributed by atoms with Crippen LogP contribution in [-0.2, 0) is 9.47 Å². The lowest BCUT2D eigenvalue weighted by Gasteiger charge is -2.34. The van der Waals surface area contributed by atoms with Crippen molar-refractivity contribution in [2.75, 3.05) is 162 Å².